The van der Waals surface area contributed by atoms with Crippen LogP contribution in [-0.4, -0.2) is 11.0 Å². The highest BCUT2D eigenvalue weighted by atomic mass is 79.9. The Labute approximate surface area is 143 Å². The third-order valence-electron chi connectivity index (χ3n) is 3.36. The molecule has 2 aromatic carbocycles. The first kappa shape index (κ1) is 15.4. The number of ether oxygens (including phenoxy) is 1. The summed E-state index contributed by atoms with van der Waals surface area (Å²) in [5.41, 5.74) is 3.08. The summed E-state index contributed by atoms with van der Waals surface area (Å²) in [6.45, 7) is 1.96. The Kier molecular flexibility index (Phi) is 4.53. The minimum atomic E-state index is -0.389. The van der Waals surface area contributed by atoms with E-state index in [-0.39, 0.29) is 5.97 Å². The Hall–Kier alpha value is -2.46. The molecule has 0 radical (unpaired) electrons. The summed E-state index contributed by atoms with van der Waals surface area (Å²) in [6, 6.07) is 18.5. The molecule has 114 valence electrons. The Morgan fingerprint density at radius 3 is 2.52 bits per heavy atom. The standard InChI is InChI=1S/C19H14BrNO2/c1-13-5-10-16(17-4-2-3-11-21-17)18(12-13)23-19(22)14-6-8-15(20)9-7-14/h2-12H,1H3. The van der Waals surface area contributed by atoms with Gasteiger partial charge in [0.2, 0.25) is 0 Å². The molecule has 0 atom stereocenters. The van der Waals surface area contributed by atoms with E-state index in [2.05, 4.69) is 20.9 Å². The van der Waals surface area contributed by atoms with E-state index in [9.17, 15) is 4.79 Å². The zero-order valence-corrected chi connectivity index (χ0v) is 14.1. The molecule has 23 heavy (non-hydrogen) atoms. The molecule has 3 aromatic rings. The normalized spacial score (nSPS) is 10.3. The van der Waals surface area contributed by atoms with E-state index in [1.165, 1.54) is 0 Å². The van der Waals surface area contributed by atoms with Crippen LogP contribution in [0.5, 0.6) is 5.75 Å². The molecular weight excluding hydrogens is 354 g/mol. The molecule has 0 saturated carbocycles. The maximum absolute atomic E-state index is 12.4. The van der Waals surface area contributed by atoms with Gasteiger partial charge in [-0.25, -0.2) is 4.79 Å². The third-order valence-corrected chi connectivity index (χ3v) is 3.89. The topological polar surface area (TPSA) is 39.2 Å². The lowest BCUT2D eigenvalue weighted by Crippen LogP contribution is -2.09. The van der Waals surface area contributed by atoms with Gasteiger partial charge in [0.25, 0.3) is 0 Å². The summed E-state index contributed by atoms with van der Waals surface area (Å²) in [5.74, 6) is 0.122. The Balaban J connectivity index is 1.94. The van der Waals surface area contributed by atoms with Crippen molar-refractivity contribution in [1.82, 2.24) is 4.98 Å². The Morgan fingerprint density at radius 1 is 1.04 bits per heavy atom. The van der Waals surface area contributed by atoms with E-state index < -0.39 is 0 Å². The van der Waals surface area contributed by atoms with Gasteiger partial charge in [-0.15, -0.1) is 0 Å². The highest BCUT2D eigenvalue weighted by Gasteiger charge is 2.13. The van der Waals surface area contributed by atoms with Gasteiger partial charge >= 0.3 is 5.97 Å². The van der Waals surface area contributed by atoms with E-state index in [1.54, 1.807) is 18.3 Å². The maximum Gasteiger partial charge on any atom is 0.343 e. The molecule has 4 heteroatoms. The molecule has 0 fully saturated rings. The summed E-state index contributed by atoms with van der Waals surface area (Å²) >= 11 is 3.35. The smallest absolute Gasteiger partial charge is 0.343 e. The molecule has 0 saturated heterocycles. The number of pyridine rings is 1. The number of hydrogen-bond acceptors (Lipinski definition) is 3. The zero-order chi connectivity index (χ0) is 16.2. The summed E-state index contributed by atoms with van der Waals surface area (Å²) in [7, 11) is 0. The van der Waals surface area contributed by atoms with Crippen LogP contribution in [0.4, 0.5) is 0 Å². The molecule has 1 aromatic heterocycles. The average Bonchev–Trinajstić information content (AvgIpc) is 2.56. The summed E-state index contributed by atoms with van der Waals surface area (Å²) in [6.07, 6.45) is 1.72. The van der Waals surface area contributed by atoms with Crippen LogP contribution in [0, 0.1) is 6.92 Å². The van der Waals surface area contributed by atoms with Crippen LogP contribution < -0.4 is 4.74 Å². The molecule has 0 bridgehead atoms. The third kappa shape index (κ3) is 3.66. The zero-order valence-electron chi connectivity index (χ0n) is 12.5. The number of halogens is 1. The molecule has 3 rings (SSSR count). The van der Waals surface area contributed by atoms with Crippen molar-refractivity contribution in [2.45, 2.75) is 6.92 Å². The quantitative estimate of drug-likeness (QED) is 0.480. The van der Waals surface area contributed by atoms with Crippen LogP contribution in [0.1, 0.15) is 15.9 Å². The van der Waals surface area contributed by atoms with Crippen LogP contribution in [0.3, 0.4) is 0 Å². The van der Waals surface area contributed by atoms with Crippen molar-refractivity contribution in [3.63, 3.8) is 0 Å². The van der Waals surface area contributed by atoms with E-state index in [0.717, 1.165) is 21.3 Å². The number of nitrogens with zero attached hydrogens (tertiary/aromatic N) is 1. The molecule has 0 N–H and O–H groups in total. The first-order valence-corrected chi connectivity index (χ1v) is 7.92. The van der Waals surface area contributed by atoms with Crippen LogP contribution in [0.25, 0.3) is 11.3 Å². The molecule has 3 nitrogen and oxygen atoms in total. The van der Waals surface area contributed by atoms with E-state index >= 15 is 0 Å². The fourth-order valence-electron chi connectivity index (χ4n) is 2.19. The highest BCUT2D eigenvalue weighted by Crippen LogP contribution is 2.30. The SMILES string of the molecule is Cc1ccc(-c2ccccn2)c(OC(=O)c2ccc(Br)cc2)c1. The fourth-order valence-corrected chi connectivity index (χ4v) is 2.46. The van der Waals surface area contributed by atoms with Gasteiger partial charge in [0.1, 0.15) is 5.75 Å². The number of benzene rings is 2. The first-order valence-electron chi connectivity index (χ1n) is 7.13. The van der Waals surface area contributed by atoms with Crippen molar-refractivity contribution < 1.29 is 9.53 Å². The lowest BCUT2D eigenvalue weighted by atomic mass is 10.1. The summed E-state index contributed by atoms with van der Waals surface area (Å²) < 4.78 is 6.53. The molecule has 1 heterocycles. The maximum atomic E-state index is 12.4. The van der Waals surface area contributed by atoms with Gasteiger partial charge in [0, 0.05) is 16.2 Å². The molecule has 0 aliphatic rings. The second kappa shape index (κ2) is 6.75. The second-order valence-corrected chi connectivity index (χ2v) is 6.03. The van der Waals surface area contributed by atoms with E-state index in [0.29, 0.717) is 11.3 Å². The van der Waals surface area contributed by atoms with Crippen molar-refractivity contribution in [3.05, 3.63) is 82.5 Å². The second-order valence-electron chi connectivity index (χ2n) is 5.11. The van der Waals surface area contributed by atoms with Crippen LogP contribution in [0.2, 0.25) is 0 Å². The average molecular weight is 368 g/mol. The number of carbonyl (C=O) groups excluding carboxylic acids is 1. The van der Waals surface area contributed by atoms with Crippen molar-refractivity contribution in [3.8, 4) is 17.0 Å². The largest absolute Gasteiger partial charge is 0.422 e. The minimum Gasteiger partial charge on any atom is -0.422 e. The van der Waals surface area contributed by atoms with Gasteiger partial charge in [-0.05, 0) is 61.0 Å². The molecule has 0 aliphatic heterocycles. The molecule has 0 amide bonds. The van der Waals surface area contributed by atoms with E-state index in [4.69, 9.17) is 4.74 Å². The first-order chi connectivity index (χ1) is 11.1. The minimum absolute atomic E-state index is 0.389. The summed E-state index contributed by atoms with van der Waals surface area (Å²) in [4.78, 5) is 16.7. The van der Waals surface area contributed by atoms with Crippen LogP contribution >= 0.6 is 15.9 Å². The molecular formula is C19H14BrNO2. The van der Waals surface area contributed by atoms with Gasteiger partial charge in [-0.1, -0.05) is 28.1 Å². The highest BCUT2D eigenvalue weighted by molar-refractivity contribution is 9.10. The lowest BCUT2D eigenvalue weighted by Gasteiger charge is -2.11. The van der Waals surface area contributed by atoms with Crippen LogP contribution in [-0.2, 0) is 0 Å². The molecule has 0 spiro atoms. The Bertz CT molecular complexity index is 830. The number of carbonyl (C=O) groups is 1. The number of aromatic nitrogens is 1. The number of esters is 1. The van der Waals surface area contributed by atoms with E-state index in [1.807, 2.05) is 55.5 Å². The number of rotatable bonds is 3. The van der Waals surface area contributed by atoms with Crippen molar-refractivity contribution in [2.75, 3.05) is 0 Å². The van der Waals surface area contributed by atoms with Crippen molar-refractivity contribution in [2.24, 2.45) is 0 Å². The van der Waals surface area contributed by atoms with Gasteiger partial charge in [0.05, 0.1) is 11.3 Å². The lowest BCUT2D eigenvalue weighted by molar-refractivity contribution is 0.0735. The van der Waals surface area contributed by atoms with Gasteiger partial charge < -0.3 is 4.74 Å². The predicted octanol–water partition coefficient (Wildman–Crippen LogP) is 5.04. The molecule has 0 unspecified atom stereocenters. The molecule has 0 aliphatic carbocycles. The number of aryl methyl sites for hydroxylation is 1. The van der Waals surface area contributed by atoms with Gasteiger partial charge in [-0.2, -0.15) is 0 Å². The number of hydrogen-bond donors (Lipinski definition) is 0. The Morgan fingerprint density at radius 2 is 1.83 bits per heavy atom. The predicted molar refractivity (Wildman–Crippen MR) is 93.5 cm³/mol. The van der Waals surface area contributed by atoms with Gasteiger partial charge in [-0.3, -0.25) is 4.98 Å². The monoisotopic (exact) mass is 367 g/mol. The van der Waals surface area contributed by atoms with Crippen LogP contribution in [0.15, 0.2) is 71.3 Å². The van der Waals surface area contributed by atoms with Gasteiger partial charge in [0.15, 0.2) is 0 Å². The van der Waals surface area contributed by atoms with Crippen molar-refractivity contribution >= 4 is 21.9 Å². The summed E-state index contributed by atoms with van der Waals surface area (Å²) in [5, 5.41) is 0. The van der Waals surface area contributed by atoms with Crippen molar-refractivity contribution in [1.29, 1.82) is 0 Å². The fraction of sp³-hybridized carbons (Fsp3) is 0.0526.